The Balaban J connectivity index is 1.36. The zero-order valence-electron chi connectivity index (χ0n) is 14.8. The van der Waals surface area contributed by atoms with Crippen molar-refractivity contribution in [3.63, 3.8) is 0 Å². The highest BCUT2D eigenvalue weighted by molar-refractivity contribution is 6.30. The fourth-order valence-electron chi connectivity index (χ4n) is 3.31. The highest BCUT2D eigenvalue weighted by Gasteiger charge is 2.34. The van der Waals surface area contributed by atoms with Crippen LogP contribution in [0.25, 0.3) is 0 Å². The standard InChI is InChI=1S/C18H18ClF3N6/c19-14-3-1-13(2-4-14)11-27-12-23-17(25-27)26-8-5-15(6-9-26)28-10-7-16(24-28)18(20,21)22/h1-4,7,10,12,15H,5-6,8-9,11H2. The molecule has 2 aromatic heterocycles. The van der Waals surface area contributed by atoms with E-state index >= 15 is 0 Å². The summed E-state index contributed by atoms with van der Waals surface area (Å²) in [5.74, 6) is 0.629. The Morgan fingerprint density at radius 3 is 2.39 bits per heavy atom. The lowest BCUT2D eigenvalue weighted by Gasteiger charge is -2.31. The van der Waals surface area contributed by atoms with E-state index in [-0.39, 0.29) is 6.04 Å². The first kappa shape index (κ1) is 18.8. The predicted octanol–water partition coefficient (Wildman–Crippen LogP) is 4.04. The second-order valence-corrected chi connectivity index (χ2v) is 7.20. The van der Waals surface area contributed by atoms with Crippen LogP contribution in [0.5, 0.6) is 0 Å². The lowest BCUT2D eigenvalue weighted by Crippen LogP contribution is -2.35. The molecule has 3 aromatic rings. The average Bonchev–Trinajstić information content (AvgIpc) is 3.33. The number of hydrogen-bond acceptors (Lipinski definition) is 4. The third kappa shape index (κ3) is 4.14. The van der Waals surface area contributed by atoms with Crippen LogP contribution in [0.4, 0.5) is 19.1 Å². The van der Waals surface area contributed by atoms with E-state index in [1.54, 1.807) is 11.0 Å². The summed E-state index contributed by atoms with van der Waals surface area (Å²) in [5.41, 5.74) is 0.219. The van der Waals surface area contributed by atoms with Crippen LogP contribution in [0.15, 0.2) is 42.9 Å². The maximum absolute atomic E-state index is 12.7. The van der Waals surface area contributed by atoms with Crippen molar-refractivity contribution in [2.45, 2.75) is 31.6 Å². The molecule has 1 saturated heterocycles. The second-order valence-electron chi connectivity index (χ2n) is 6.77. The van der Waals surface area contributed by atoms with Gasteiger partial charge in [0.2, 0.25) is 5.95 Å². The zero-order valence-corrected chi connectivity index (χ0v) is 15.6. The van der Waals surface area contributed by atoms with E-state index in [0.29, 0.717) is 43.4 Å². The van der Waals surface area contributed by atoms with Crippen molar-refractivity contribution < 1.29 is 13.2 Å². The molecule has 1 aromatic carbocycles. The van der Waals surface area contributed by atoms with Gasteiger partial charge in [0, 0.05) is 24.3 Å². The van der Waals surface area contributed by atoms with E-state index < -0.39 is 11.9 Å². The second kappa shape index (κ2) is 7.46. The topological polar surface area (TPSA) is 51.8 Å². The van der Waals surface area contributed by atoms with Crippen molar-refractivity contribution in [3.8, 4) is 0 Å². The van der Waals surface area contributed by atoms with Crippen LogP contribution in [0.2, 0.25) is 5.02 Å². The van der Waals surface area contributed by atoms with Gasteiger partial charge in [-0.1, -0.05) is 23.7 Å². The van der Waals surface area contributed by atoms with Crippen molar-refractivity contribution in [1.82, 2.24) is 24.5 Å². The number of hydrogen-bond donors (Lipinski definition) is 0. The van der Waals surface area contributed by atoms with Gasteiger partial charge in [0.15, 0.2) is 5.69 Å². The summed E-state index contributed by atoms with van der Waals surface area (Å²) in [4.78, 5) is 6.41. The summed E-state index contributed by atoms with van der Waals surface area (Å²) in [6, 6.07) is 8.51. The molecule has 0 aliphatic carbocycles. The summed E-state index contributed by atoms with van der Waals surface area (Å²) >= 11 is 5.90. The molecule has 0 radical (unpaired) electrons. The molecule has 0 N–H and O–H groups in total. The molecule has 10 heteroatoms. The van der Waals surface area contributed by atoms with Crippen LogP contribution in [0, 0.1) is 0 Å². The van der Waals surface area contributed by atoms with Crippen LogP contribution in [-0.2, 0) is 12.7 Å². The van der Waals surface area contributed by atoms with Crippen molar-refractivity contribution >= 4 is 17.5 Å². The molecule has 0 saturated carbocycles. The highest BCUT2D eigenvalue weighted by atomic mass is 35.5. The maximum Gasteiger partial charge on any atom is 0.435 e. The summed E-state index contributed by atoms with van der Waals surface area (Å²) in [6.07, 6.45) is 0.0452. The number of halogens is 4. The molecule has 28 heavy (non-hydrogen) atoms. The Morgan fingerprint density at radius 1 is 1.04 bits per heavy atom. The van der Waals surface area contributed by atoms with E-state index in [2.05, 4.69) is 15.2 Å². The fourth-order valence-corrected chi connectivity index (χ4v) is 3.43. The van der Waals surface area contributed by atoms with E-state index in [0.717, 1.165) is 11.6 Å². The number of piperidine rings is 1. The molecular formula is C18H18ClF3N6. The fraction of sp³-hybridized carbons (Fsp3) is 0.389. The normalized spacial score (nSPS) is 15.9. The SMILES string of the molecule is FC(F)(F)c1ccn(C2CCN(c3ncn(Cc4ccc(Cl)cc4)n3)CC2)n1. The van der Waals surface area contributed by atoms with Crippen LogP contribution in [0.3, 0.4) is 0 Å². The molecule has 1 fully saturated rings. The van der Waals surface area contributed by atoms with Gasteiger partial charge in [0.05, 0.1) is 12.6 Å². The van der Waals surface area contributed by atoms with Gasteiger partial charge in [-0.05, 0) is 36.6 Å². The monoisotopic (exact) mass is 410 g/mol. The van der Waals surface area contributed by atoms with Crippen LogP contribution >= 0.6 is 11.6 Å². The Bertz CT molecular complexity index is 925. The molecule has 1 aliphatic heterocycles. The van der Waals surface area contributed by atoms with Crippen LogP contribution < -0.4 is 4.90 Å². The Hall–Kier alpha value is -2.55. The van der Waals surface area contributed by atoms with Gasteiger partial charge in [0.1, 0.15) is 6.33 Å². The van der Waals surface area contributed by atoms with Crippen molar-refractivity contribution in [2.75, 3.05) is 18.0 Å². The van der Waals surface area contributed by atoms with Crippen molar-refractivity contribution in [1.29, 1.82) is 0 Å². The number of rotatable bonds is 4. The largest absolute Gasteiger partial charge is 0.435 e. The Labute approximate surface area is 164 Å². The first-order chi connectivity index (χ1) is 13.4. The average molecular weight is 411 g/mol. The lowest BCUT2D eigenvalue weighted by atomic mass is 10.1. The number of nitrogens with zero attached hydrogens (tertiary/aromatic N) is 6. The Kier molecular flexibility index (Phi) is 5.01. The third-order valence-corrected chi connectivity index (χ3v) is 5.05. The van der Waals surface area contributed by atoms with Gasteiger partial charge >= 0.3 is 6.18 Å². The summed E-state index contributed by atoms with van der Waals surface area (Å²) in [7, 11) is 0. The molecule has 4 rings (SSSR count). The number of aromatic nitrogens is 5. The highest BCUT2D eigenvalue weighted by Crippen LogP contribution is 2.30. The molecule has 148 valence electrons. The predicted molar refractivity (Wildman–Crippen MR) is 98.3 cm³/mol. The number of alkyl halides is 3. The van der Waals surface area contributed by atoms with Gasteiger partial charge < -0.3 is 4.90 Å². The maximum atomic E-state index is 12.7. The molecular weight excluding hydrogens is 393 g/mol. The van der Waals surface area contributed by atoms with E-state index in [1.807, 2.05) is 29.2 Å². The summed E-state index contributed by atoms with van der Waals surface area (Å²) in [6.45, 7) is 1.92. The van der Waals surface area contributed by atoms with Crippen LogP contribution in [0.1, 0.15) is 30.1 Å². The molecule has 0 unspecified atom stereocenters. The molecule has 6 nitrogen and oxygen atoms in total. The minimum atomic E-state index is -4.41. The lowest BCUT2D eigenvalue weighted by molar-refractivity contribution is -0.141. The minimum Gasteiger partial charge on any atom is -0.339 e. The van der Waals surface area contributed by atoms with Crippen molar-refractivity contribution in [3.05, 3.63) is 59.1 Å². The first-order valence-corrected chi connectivity index (χ1v) is 9.27. The van der Waals surface area contributed by atoms with Gasteiger partial charge in [0.25, 0.3) is 0 Å². The molecule has 0 amide bonds. The number of anilines is 1. The quantitative estimate of drug-likeness (QED) is 0.651. The van der Waals surface area contributed by atoms with Crippen LogP contribution in [-0.4, -0.2) is 37.6 Å². The molecule has 0 bridgehead atoms. The molecule has 0 atom stereocenters. The van der Waals surface area contributed by atoms with Gasteiger partial charge in [-0.2, -0.15) is 18.3 Å². The number of benzene rings is 1. The van der Waals surface area contributed by atoms with E-state index in [4.69, 9.17) is 11.6 Å². The van der Waals surface area contributed by atoms with Crippen molar-refractivity contribution in [2.24, 2.45) is 0 Å². The molecule has 1 aliphatic rings. The van der Waals surface area contributed by atoms with E-state index in [9.17, 15) is 13.2 Å². The van der Waals surface area contributed by atoms with Gasteiger partial charge in [-0.15, -0.1) is 5.10 Å². The zero-order chi connectivity index (χ0) is 19.7. The summed E-state index contributed by atoms with van der Waals surface area (Å²) < 4.78 is 41.3. The smallest absolute Gasteiger partial charge is 0.339 e. The Morgan fingerprint density at radius 2 is 1.75 bits per heavy atom. The first-order valence-electron chi connectivity index (χ1n) is 8.90. The van der Waals surface area contributed by atoms with Gasteiger partial charge in [-0.3, -0.25) is 4.68 Å². The summed E-state index contributed by atoms with van der Waals surface area (Å²) in [5, 5.41) is 8.89. The minimum absolute atomic E-state index is 0.0523. The van der Waals surface area contributed by atoms with Gasteiger partial charge in [-0.25, -0.2) is 9.67 Å². The van der Waals surface area contributed by atoms with E-state index in [1.165, 1.54) is 10.9 Å². The molecule has 3 heterocycles. The molecule has 0 spiro atoms. The third-order valence-electron chi connectivity index (χ3n) is 4.80.